The second-order valence-electron chi connectivity index (χ2n) is 4.24. The van der Waals surface area contributed by atoms with Crippen molar-refractivity contribution in [1.29, 1.82) is 0 Å². The van der Waals surface area contributed by atoms with Crippen molar-refractivity contribution < 1.29 is 0 Å². The highest BCUT2D eigenvalue weighted by molar-refractivity contribution is 9.10. The van der Waals surface area contributed by atoms with Gasteiger partial charge in [-0.1, -0.05) is 54.6 Å². The molecule has 0 saturated heterocycles. The Kier molecular flexibility index (Phi) is 3.09. The third-order valence-electron chi connectivity index (χ3n) is 3.01. The summed E-state index contributed by atoms with van der Waals surface area (Å²) < 4.78 is 0.806. The largest absolute Gasteiger partial charge is 0.381 e. The number of aromatic nitrogens is 2. The minimum Gasteiger partial charge on any atom is -0.381 e. The van der Waals surface area contributed by atoms with Gasteiger partial charge in [-0.05, 0) is 27.1 Å². The van der Waals surface area contributed by atoms with Gasteiger partial charge in [0.2, 0.25) is 0 Å². The summed E-state index contributed by atoms with van der Waals surface area (Å²) in [6.07, 6.45) is 0. The first-order valence-electron chi connectivity index (χ1n) is 5.91. The molecule has 94 valence electrons. The van der Waals surface area contributed by atoms with E-state index in [2.05, 4.69) is 62.5 Å². The number of benzene rings is 2. The zero-order chi connectivity index (χ0) is 13.2. The maximum absolute atomic E-state index is 5.71. The SMILES string of the molecule is Nc1n[nH]c(-c2ccc(-c3ccccc3)cc2)c1Br. The molecule has 0 aliphatic carbocycles. The van der Waals surface area contributed by atoms with Crippen molar-refractivity contribution >= 4 is 21.7 Å². The zero-order valence-corrected chi connectivity index (χ0v) is 11.7. The van der Waals surface area contributed by atoms with Crippen LogP contribution in [0, 0.1) is 0 Å². The van der Waals surface area contributed by atoms with Crippen molar-refractivity contribution in [1.82, 2.24) is 10.2 Å². The Labute approximate surface area is 119 Å². The van der Waals surface area contributed by atoms with E-state index in [1.54, 1.807) is 0 Å². The number of anilines is 1. The van der Waals surface area contributed by atoms with Crippen LogP contribution in [0.4, 0.5) is 5.82 Å². The van der Waals surface area contributed by atoms with E-state index in [-0.39, 0.29) is 0 Å². The number of hydrogen-bond acceptors (Lipinski definition) is 2. The summed E-state index contributed by atoms with van der Waals surface area (Å²) in [6.45, 7) is 0. The average molecular weight is 314 g/mol. The van der Waals surface area contributed by atoms with Gasteiger partial charge in [0.25, 0.3) is 0 Å². The second kappa shape index (κ2) is 4.90. The molecule has 3 N–H and O–H groups in total. The van der Waals surface area contributed by atoms with Gasteiger partial charge in [-0.15, -0.1) is 0 Å². The normalized spacial score (nSPS) is 10.6. The molecule has 0 atom stereocenters. The molecule has 0 aliphatic rings. The minimum atomic E-state index is 0.474. The molecule has 0 radical (unpaired) electrons. The molecule has 0 saturated carbocycles. The van der Waals surface area contributed by atoms with Crippen LogP contribution in [0.15, 0.2) is 59.1 Å². The summed E-state index contributed by atoms with van der Waals surface area (Å²) in [4.78, 5) is 0. The summed E-state index contributed by atoms with van der Waals surface area (Å²) in [5.41, 5.74) is 10.1. The fraction of sp³-hybridized carbons (Fsp3) is 0. The number of nitrogens with two attached hydrogens (primary N) is 1. The van der Waals surface area contributed by atoms with Crippen LogP contribution in [-0.2, 0) is 0 Å². The zero-order valence-electron chi connectivity index (χ0n) is 10.1. The molecule has 0 aliphatic heterocycles. The molecular weight excluding hydrogens is 302 g/mol. The summed E-state index contributed by atoms with van der Waals surface area (Å²) in [5.74, 6) is 0.474. The van der Waals surface area contributed by atoms with Crippen molar-refractivity contribution in [3.05, 3.63) is 59.1 Å². The van der Waals surface area contributed by atoms with Crippen molar-refractivity contribution in [2.45, 2.75) is 0 Å². The summed E-state index contributed by atoms with van der Waals surface area (Å²) in [5, 5.41) is 6.91. The van der Waals surface area contributed by atoms with Gasteiger partial charge in [-0.25, -0.2) is 0 Å². The Morgan fingerprint density at radius 2 is 1.42 bits per heavy atom. The maximum Gasteiger partial charge on any atom is 0.160 e. The molecule has 1 heterocycles. The lowest BCUT2D eigenvalue weighted by Gasteiger charge is -2.03. The fourth-order valence-corrected chi connectivity index (χ4v) is 2.40. The summed E-state index contributed by atoms with van der Waals surface area (Å²) in [6, 6.07) is 18.6. The van der Waals surface area contributed by atoms with Crippen molar-refractivity contribution in [3.8, 4) is 22.4 Å². The van der Waals surface area contributed by atoms with Crippen LogP contribution in [0.1, 0.15) is 0 Å². The van der Waals surface area contributed by atoms with Crippen LogP contribution < -0.4 is 5.73 Å². The Morgan fingerprint density at radius 1 is 0.842 bits per heavy atom. The number of H-pyrrole nitrogens is 1. The number of halogens is 1. The van der Waals surface area contributed by atoms with E-state index < -0.39 is 0 Å². The summed E-state index contributed by atoms with van der Waals surface area (Å²) >= 11 is 3.43. The standard InChI is InChI=1S/C15H12BrN3/c16-13-14(18-19-15(13)17)12-8-6-11(7-9-12)10-4-2-1-3-5-10/h1-9H,(H3,17,18,19). The van der Waals surface area contributed by atoms with Crippen LogP contribution >= 0.6 is 15.9 Å². The van der Waals surface area contributed by atoms with Crippen LogP contribution in [0.2, 0.25) is 0 Å². The number of rotatable bonds is 2. The quantitative estimate of drug-likeness (QED) is 0.748. The molecule has 0 unspecified atom stereocenters. The highest BCUT2D eigenvalue weighted by atomic mass is 79.9. The fourth-order valence-electron chi connectivity index (χ4n) is 1.99. The van der Waals surface area contributed by atoms with E-state index in [1.165, 1.54) is 11.1 Å². The lowest BCUT2D eigenvalue weighted by Crippen LogP contribution is -1.83. The lowest BCUT2D eigenvalue weighted by atomic mass is 10.0. The Bertz CT molecular complexity index is 687. The van der Waals surface area contributed by atoms with Crippen molar-refractivity contribution in [2.24, 2.45) is 0 Å². The van der Waals surface area contributed by atoms with Gasteiger partial charge >= 0.3 is 0 Å². The van der Waals surface area contributed by atoms with Gasteiger partial charge < -0.3 is 5.73 Å². The second-order valence-corrected chi connectivity index (χ2v) is 5.03. The third kappa shape index (κ3) is 2.27. The minimum absolute atomic E-state index is 0.474. The predicted molar refractivity (Wildman–Crippen MR) is 81.6 cm³/mol. The van der Waals surface area contributed by atoms with Crippen LogP contribution in [-0.4, -0.2) is 10.2 Å². The molecule has 0 spiro atoms. The van der Waals surface area contributed by atoms with E-state index in [9.17, 15) is 0 Å². The van der Waals surface area contributed by atoms with Crippen LogP contribution in [0.5, 0.6) is 0 Å². The van der Waals surface area contributed by atoms with Gasteiger partial charge in [-0.2, -0.15) is 5.10 Å². The number of nitrogens with zero attached hydrogens (tertiary/aromatic N) is 1. The van der Waals surface area contributed by atoms with E-state index >= 15 is 0 Å². The molecule has 3 rings (SSSR count). The monoisotopic (exact) mass is 313 g/mol. The number of nitrogen functional groups attached to an aromatic ring is 1. The molecule has 0 bridgehead atoms. The molecule has 1 aromatic heterocycles. The van der Waals surface area contributed by atoms with Gasteiger partial charge in [-0.3, -0.25) is 5.10 Å². The van der Waals surface area contributed by atoms with E-state index in [4.69, 9.17) is 5.73 Å². The first-order chi connectivity index (χ1) is 9.25. The molecular formula is C15H12BrN3. The molecule has 0 amide bonds. The molecule has 4 heteroatoms. The molecule has 0 fully saturated rings. The highest BCUT2D eigenvalue weighted by Gasteiger charge is 2.09. The first kappa shape index (κ1) is 12.0. The molecule has 2 aromatic carbocycles. The van der Waals surface area contributed by atoms with Crippen LogP contribution in [0.25, 0.3) is 22.4 Å². The van der Waals surface area contributed by atoms with E-state index in [1.807, 2.05) is 18.2 Å². The smallest absolute Gasteiger partial charge is 0.160 e. The molecule has 19 heavy (non-hydrogen) atoms. The van der Waals surface area contributed by atoms with E-state index in [0.717, 1.165) is 15.7 Å². The number of aromatic amines is 1. The van der Waals surface area contributed by atoms with Crippen LogP contribution in [0.3, 0.4) is 0 Å². The van der Waals surface area contributed by atoms with Gasteiger partial charge in [0, 0.05) is 5.56 Å². The van der Waals surface area contributed by atoms with E-state index in [0.29, 0.717) is 5.82 Å². The maximum atomic E-state index is 5.71. The Morgan fingerprint density at radius 3 is 2.00 bits per heavy atom. The Hall–Kier alpha value is -2.07. The molecule has 3 aromatic rings. The topological polar surface area (TPSA) is 54.7 Å². The first-order valence-corrected chi connectivity index (χ1v) is 6.70. The molecule has 3 nitrogen and oxygen atoms in total. The lowest BCUT2D eigenvalue weighted by molar-refractivity contribution is 1.10. The summed E-state index contributed by atoms with van der Waals surface area (Å²) in [7, 11) is 0. The van der Waals surface area contributed by atoms with Crippen molar-refractivity contribution in [2.75, 3.05) is 5.73 Å². The van der Waals surface area contributed by atoms with Gasteiger partial charge in [0.05, 0.1) is 10.2 Å². The third-order valence-corrected chi connectivity index (χ3v) is 3.82. The highest BCUT2D eigenvalue weighted by Crippen LogP contribution is 2.31. The number of hydrogen-bond donors (Lipinski definition) is 2. The van der Waals surface area contributed by atoms with Gasteiger partial charge in [0.1, 0.15) is 0 Å². The predicted octanol–water partition coefficient (Wildman–Crippen LogP) is 4.09. The average Bonchev–Trinajstić information content (AvgIpc) is 2.80. The number of nitrogens with one attached hydrogen (secondary N) is 1. The Balaban J connectivity index is 1.98. The van der Waals surface area contributed by atoms with Gasteiger partial charge in [0.15, 0.2) is 5.82 Å². The van der Waals surface area contributed by atoms with Crippen molar-refractivity contribution in [3.63, 3.8) is 0 Å².